The minimum Gasteiger partial charge on any atom is -0.291 e. The maximum absolute atomic E-state index is 13.4. The number of carbonyl (C=O) groups excluding carboxylic acids is 1. The van der Waals surface area contributed by atoms with Crippen molar-refractivity contribution in [2.24, 2.45) is 0 Å². The van der Waals surface area contributed by atoms with E-state index in [0.29, 0.717) is 5.56 Å². The predicted molar refractivity (Wildman–Crippen MR) is 67.5 cm³/mol. The summed E-state index contributed by atoms with van der Waals surface area (Å²) in [5.74, 6) is -1.56. The van der Waals surface area contributed by atoms with Gasteiger partial charge in [0.25, 0.3) is 0 Å². The van der Waals surface area contributed by atoms with E-state index in [0.717, 1.165) is 10.4 Å². The molecule has 0 amide bonds. The van der Waals surface area contributed by atoms with E-state index in [4.69, 9.17) is 5.26 Å². The number of benzene rings is 1. The van der Waals surface area contributed by atoms with Crippen LogP contribution in [0.5, 0.6) is 0 Å². The molecule has 1 aromatic rings. The number of Topliss-reactive ketones (excluding diaryl/α,β-unsaturated/α-hetero) is 1. The summed E-state index contributed by atoms with van der Waals surface area (Å²) in [6.45, 7) is 1.52. The number of nitrogens with zero attached hydrogens (tertiary/aromatic N) is 2. The van der Waals surface area contributed by atoms with E-state index < -0.39 is 26.9 Å². The van der Waals surface area contributed by atoms with Crippen LogP contribution in [0.1, 0.15) is 15.9 Å². The van der Waals surface area contributed by atoms with Crippen LogP contribution in [-0.2, 0) is 10.0 Å². The molecule has 1 unspecified atom stereocenters. The summed E-state index contributed by atoms with van der Waals surface area (Å²) >= 11 is 0. The minimum atomic E-state index is -4.06. The SMILES string of the molecule is Cc1ccc(C(=O)C(C#N)S(=O)(=O)N(C)C)cc1F. The number of carbonyl (C=O) groups is 1. The number of rotatable bonds is 4. The summed E-state index contributed by atoms with van der Waals surface area (Å²) in [5, 5.41) is 7.03. The van der Waals surface area contributed by atoms with Gasteiger partial charge in [-0.1, -0.05) is 12.1 Å². The van der Waals surface area contributed by atoms with Crippen LogP contribution >= 0.6 is 0 Å². The van der Waals surface area contributed by atoms with E-state index in [9.17, 15) is 17.6 Å². The molecule has 7 heteroatoms. The van der Waals surface area contributed by atoms with Crippen molar-refractivity contribution in [3.63, 3.8) is 0 Å². The Labute approximate surface area is 111 Å². The summed E-state index contributed by atoms with van der Waals surface area (Å²) in [4.78, 5) is 12.0. The zero-order valence-electron chi connectivity index (χ0n) is 10.7. The average Bonchev–Trinajstić information content (AvgIpc) is 2.32. The molecular formula is C12H13FN2O3S. The zero-order chi connectivity index (χ0) is 14.8. The molecule has 19 heavy (non-hydrogen) atoms. The molecule has 0 saturated carbocycles. The van der Waals surface area contributed by atoms with Gasteiger partial charge in [-0.2, -0.15) is 5.26 Å². The Balaban J connectivity index is 3.25. The van der Waals surface area contributed by atoms with Gasteiger partial charge >= 0.3 is 0 Å². The lowest BCUT2D eigenvalue weighted by atomic mass is 10.1. The normalized spacial score (nSPS) is 13.1. The van der Waals surface area contributed by atoms with E-state index >= 15 is 0 Å². The number of hydrogen-bond donors (Lipinski definition) is 0. The van der Waals surface area contributed by atoms with Crippen molar-refractivity contribution in [1.82, 2.24) is 4.31 Å². The van der Waals surface area contributed by atoms with E-state index in [-0.39, 0.29) is 5.56 Å². The maximum atomic E-state index is 13.4. The Morgan fingerprint density at radius 1 is 1.42 bits per heavy atom. The van der Waals surface area contributed by atoms with Gasteiger partial charge in [-0.05, 0) is 18.6 Å². The van der Waals surface area contributed by atoms with Crippen LogP contribution in [0.3, 0.4) is 0 Å². The second kappa shape index (κ2) is 5.47. The molecule has 0 radical (unpaired) electrons. The van der Waals surface area contributed by atoms with E-state index in [2.05, 4.69) is 0 Å². The second-order valence-corrected chi connectivity index (χ2v) is 6.40. The van der Waals surface area contributed by atoms with Crippen molar-refractivity contribution in [1.29, 1.82) is 5.26 Å². The molecule has 0 fully saturated rings. The molecule has 1 aromatic carbocycles. The second-order valence-electron chi connectivity index (χ2n) is 4.16. The lowest BCUT2D eigenvalue weighted by molar-refractivity contribution is 0.0999. The Bertz CT molecular complexity index is 647. The Morgan fingerprint density at radius 2 is 2.00 bits per heavy atom. The third-order valence-corrected chi connectivity index (χ3v) is 4.55. The van der Waals surface area contributed by atoms with Gasteiger partial charge in [0.2, 0.25) is 15.3 Å². The van der Waals surface area contributed by atoms with Crippen LogP contribution in [0, 0.1) is 24.1 Å². The molecule has 0 spiro atoms. The summed E-state index contributed by atoms with van der Waals surface area (Å²) in [6.07, 6.45) is 0. The number of nitriles is 1. The first-order valence-corrected chi connectivity index (χ1v) is 6.83. The molecular weight excluding hydrogens is 271 g/mol. The van der Waals surface area contributed by atoms with Crippen LogP contribution in [0.2, 0.25) is 0 Å². The smallest absolute Gasteiger partial charge is 0.237 e. The molecule has 0 heterocycles. The third kappa shape index (κ3) is 2.97. The van der Waals surface area contributed by atoms with Crippen molar-refractivity contribution in [2.45, 2.75) is 12.2 Å². The van der Waals surface area contributed by atoms with Gasteiger partial charge in [0, 0.05) is 19.7 Å². The van der Waals surface area contributed by atoms with Crippen LogP contribution in [0.4, 0.5) is 4.39 Å². The highest BCUT2D eigenvalue weighted by molar-refractivity contribution is 7.90. The van der Waals surface area contributed by atoms with Crippen LogP contribution in [-0.4, -0.2) is 37.9 Å². The van der Waals surface area contributed by atoms with E-state index in [1.807, 2.05) is 0 Å². The summed E-state index contributed by atoms with van der Waals surface area (Å²) in [5.41, 5.74) is 0.195. The van der Waals surface area contributed by atoms with E-state index in [1.54, 1.807) is 0 Å². The lowest BCUT2D eigenvalue weighted by Gasteiger charge is -2.15. The monoisotopic (exact) mass is 284 g/mol. The molecule has 0 saturated heterocycles. The molecule has 0 N–H and O–H groups in total. The number of sulfonamides is 1. The van der Waals surface area contributed by atoms with Gasteiger partial charge in [-0.3, -0.25) is 4.79 Å². The molecule has 0 aliphatic carbocycles. The quantitative estimate of drug-likeness (QED) is 0.776. The minimum absolute atomic E-state index is 0.139. The van der Waals surface area contributed by atoms with Crippen molar-refractivity contribution in [3.05, 3.63) is 35.1 Å². The number of hydrogen-bond acceptors (Lipinski definition) is 4. The standard InChI is InChI=1S/C12H13FN2O3S/c1-8-4-5-9(6-10(8)13)12(16)11(7-14)19(17,18)15(2)3/h4-6,11H,1-3H3. The molecule has 0 aliphatic rings. The fraction of sp³-hybridized carbons (Fsp3) is 0.333. The molecule has 0 bridgehead atoms. The molecule has 1 rings (SSSR count). The van der Waals surface area contributed by atoms with Gasteiger partial charge in [0.1, 0.15) is 5.82 Å². The van der Waals surface area contributed by atoms with Crippen molar-refractivity contribution < 1.29 is 17.6 Å². The number of aryl methyl sites for hydroxylation is 1. The zero-order valence-corrected chi connectivity index (χ0v) is 11.5. The topological polar surface area (TPSA) is 78.2 Å². The van der Waals surface area contributed by atoms with Gasteiger partial charge in [0.15, 0.2) is 5.78 Å². The Hall–Kier alpha value is -1.78. The first kappa shape index (κ1) is 15.3. The Kier molecular flexibility index (Phi) is 4.39. The third-order valence-electron chi connectivity index (χ3n) is 2.62. The largest absolute Gasteiger partial charge is 0.291 e. The van der Waals surface area contributed by atoms with Gasteiger partial charge in [-0.15, -0.1) is 0 Å². The first-order chi connectivity index (χ1) is 8.71. The molecule has 102 valence electrons. The first-order valence-electron chi connectivity index (χ1n) is 5.33. The highest BCUT2D eigenvalue weighted by Crippen LogP contribution is 2.15. The Morgan fingerprint density at radius 3 is 2.42 bits per heavy atom. The van der Waals surface area contributed by atoms with Crippen molar-refractivity contribution in [3.8, 4) is 6.07 Å². The fourth-order valence-electron chi connectivity index (χ4n) is 1.37. The summed E-state index contributed by atoms with van der Waals surface area (Å²) < 4.78 is 37.8. The van der Waals surface area contributed by atoms with Crippen LogP contribution < -0.4 is 0 Å². The number of halogens is 1. The predicted octanol–water partition coefficient (Wildman–Crippen LogP) is 1.10. The van der Waals surface area contributed by atoms with Crippen molar-refractivity contribution >= 4 is 15.8 Å². The van der Waals surface area contributed by atoms with Gasteiger partial charge in [0.05, 0.1) is 6.07 Å². The average molecular weight is 284 g/mol. The highest BCUT2D eigenvalue weighted by Gasteiger charge is 2.35. The highest BCUT2D eigenvalue weighted by atomic mass is 32.2. The number of ketones is 1. The molecule has 0 aliphatic heterocycles. The maximum Gasteiger partial charge on any atom is 0.237 e. The van der Waals surface area contributed by atoms with Crippen molar-refractivity contribution in [2.75, 3.05) is 14.1 Å². The van der Waals surface area contributed by atoms with Gasteiger partial charge < -0.3 is 0 Å². The van der Waals surface area contributed by atoms with E-state index in [1.165, 1.54) is 39.2 Å². The summed E-state index contributed by atoms with van der Waals surface area (Å²) in [6, 6.07) is 5.05. The molecule has 0 aromatic heterocycles. The molecule has 5 nitrogen and oxygen atoms in total. The molecule has 1 atom stereocenters. The van der Waals surface area contributed by atoms with Crippen LogP contribution in [0.25, 0.3) is 0 Å². The van der Waals surface area contributed by atoms with Crippen LogP contribution in [0.15, 0.2) is 18.2 Å². The fourth-order valence-corrected chi connectivity index (χ4v) is 2.33. The lowest BCUT2D eigenvalue weighted by Crippen LogP contribution is -2.38. The van der Waals surface area contributed by atoms with Gasteiger partial charge in [-0.25, -0.2) is 17.1 Å². The summed E-state index contributed by atoms with van der Waals surface area (Å²) in [7, 11) is -1.61.